The van der Waals surface area contributed by atoms with E-state index in [1.165, 1.54) is 12.1 Å². The van der Waals surface area contributed by atoms with E-state index in [0.29, 0.717) is 42.9 Å². The van der Waals surface area contributed by atoms with Gasteiger partial charge >= 0.3 is 0 Å². The molecule has 7 nitrogen and oxygen atoms in total. The molecule has 1 fully saturated rings. The number of hydrogen-bond acceptors (Lipinski definition) is 5. The number of halogens is 1. The third-order valence-corrected chi connectivity index (χ3v) is 5.48. The van der Waals surface area contributed by atoms with Crippen LogP contribution in [0.15, 0.2) is 53.3 Å². The maximum atomic E-state index is 13.4. The van der Waals surface area contributed by atoms with Crippen LogP contribution in [0.3, 0.4) is 0 Å². The second-order valence-corrected chi connectivity index (χ2v) is 7.55. The highest BCUT2D eigenvalue weighted by Crippen LogP contribution is 2.21. The van der Waals surface area contributed by atoms with Crippen molar-refractivity contribution in [1.82, 2.24) is 20.2 Å². The van der Waals surface area contributed by atoms with E-state index in [-0.39, 0.29) is 29.7 Å². The van der Waals surface area contributed by atoms with E-state index in [1.807, 2.05) is 6.07 Å². The Bertz CT molecular complexity index is 1090. The summed E-state index contributed by atoms with van der Waals surface area (Å²) in [5.74, 6) is 0.0729. The Hall–Kier alpha value is -3.10. The van der Waals surface area contributed by atoms with Crippen LogP contribution < -0.4 is 10.9 Å². The topological polar surface area (TPSA) is 87.3 Å². The summed E-state index contributed by atoms with van der Waals surface area (Å²) in [5, 5.41) is 3.51. The SMILES string of the molecule is O=C(CCc1nc2ccccc2c(=O)[nH]1)NCC(c1ccc(F)cc1)N1CCOCC1. The predicted octanol–water partition coefficient (Wildman–Crippen LogP) is 2.18. The summed E-state index contributed by atoms with van der Waals surface area (Å²) in [6, 6.07) is 13.4. The number of benzene rings is 2. The molecule has 1 atom stereocenters. The van der Waals surface area contributed by atoms with Gasteiger partial charge in [0.15, 0.2) is 0 Å². The maximum Gasteiger partial charge on any atom is 0.258 e. The first-order valence-corrected chi connectivity index (χ1v) is 10.4. The molecule has 1 saturated heterocycles. The van der Waals surface area contributed by atoms with Gasteiger partial charge < -0.3 is 15.0 Å². The van der Waals surface area contributed by atoms with E-state index in [2.05, 4.69) is 20.2 Å². The fourth-order valence-electron chi connectivity index (χ4n) is 3.82. The van der Waals surface area contributed by atoms with E-state index in [1.54, 1.807) is 30.3 Å². The van der Waals surface area contributed by atoms with Gasteiger partial charge in [-0.1, -0.05) is 24.3 Å². The summed E-state index contributed by atoms with van der Waals surface area (Å²) >= 11 is 0. The number of aromatic nitrogens is 2. The van der Waals surface area contributed by atoms with E-state index < -0.39 is 0 Å². The Labute approximate surface area is 179 Å². The van der Waals surface area contributed by atoms with E-state index in [0.717, 1.165) is 18.7 Å². The average Bonchev–Trinajstić information content (AvgIpc) is 2.80. The number of aromatic amines is 1. The zero-order valence-electron chi connectivity index (χ0n) is 17.1. The fraction of sp³-hybridized carbons (Fsp3) is 0.348. The fourth-order valence-corrected chi connectivity index (χ4v) is 3.82. The van der Waals surface area contributed by atoms with Crippen molar-refractivity contribution in [3.05, 3.63) is 76.1 Å². The van der Waals surface area contributed by atoms with Gasteiger partial charge in [-0.05, 0) is 29.8 Å². The lowest BCUT2D eigenvalue weighted by molar-refractivity contribution is -0.121. The first-order chi connectivity index (χ1) is 15.1. The van der Waals surface area contributed by atoms with Crippen LogP contribution in [0.2, 0.25) is 0 Å². The molecule has 2 heterocycles. The quantitative estimate of drug-likeness (QED) is 0.607. The van der Waals surface area contributed by atoms with Crippen molar-refractivity contribution in [2.45, 2.75) is 18.9 Å². The van der Waals surface area contributed by atoms with Crippen molar-refractivity contribution in [2.24, 2.45) is 0 Å². The van der Waals surface area contributed by atoms with Crippen molar-refractivity contribution in [3.63, 3.8) is 0 Å². The number of hydrogen-bond donors (Lipinski definition) is 2. The van der Waals surface area contributed by atoms with E-state index >= 15 is 0 Å². The number of carbonyl (C=O) groups is 1. The molecule has 1 unspecified atom stereocenters. The standard InChI is InChI=1S/C23H25FN4O3/c24-17-7-5-16(6-8-17)20(28-11-13-31-14-12-28)15-25-22(29)10-9-21-26-19-4-2-1-3-18(19)23(30)27-21/h1-8,20H,9-15H2,(H,25,29)(H,26,27,30). The third kappa shape index (κ3) is 5.34. The number of morpholine rings is 1. The summed E-state index contributed by atoms with van der Waals surface area (Å²) in [6.45, 7) is 3.17. The molecular weight excluding hydrogens is 399 g/mol. The number of fused-ring (bicyclic) bond motifs is 1. The minimum Gasteiger partial charge on any atom is -0.379 e. The lowest BCUT2D eigenvalue weighted by Gasteiger charge is -2.35. The number of ether oxygens (including phenoxy) is 1. The number of carbonyl (C=O) groups excluding carboxylic acids is 1. The number of nitrogens with zero attached hydrogens (tertiary/aromatic N) is 2. The molecule has 0 saturated carbocycles. The Balaban J connectivity index is 1.38. The van der Waals surface area contributed by atoms with Crippen molar-refractivity contribution >= 4 is 16.8 Å². The van der Waals surface area contributed by atoms with Crippen LogP contribution >= 0.6 is 0 Å². The molecule has 162 valence electrons. The molecule has 31 heavy (non-hydrogen) atoms. The smallest absolute Gasteiger partial charge is 0.258 e. The number of aryl methyl sites for hydroxylation is 1. The van der Waals surface area contributed by atoms with Gasteiger partial charge in [-0.2, -0.15) is 0 Å². The summed E-state index contributed by atoms with van der Waals surface area (Å²) < 4.78 is 18.8. The minimum atomic E-state index is -0.287. The summed E-state index contributed by atoms with van der Waals surface area (Å²) in [5.41, 5.74) is 1.36. The van der Waals surface area contributed by atoms with Gasteiger partial charge in [-0.15, -0.1) is 0 Å². The number of rotatable bonds is 7. The van der Waals surface area contributed by atoms with E-state index in [9.17, 15) is 14.0 Å². The highest BCUT2D eigenvalue weighted by Gasteiger charge is 2.23. The van der Waals surface area contributed by atoms with Crippen LogP contribution in [0.25, 0.3) is 10.9 Å². The zero-order chi connectivity index (χ0) is 21.6. The molecule has 3 aromatic rings. The molecule has 2 aromatic carbocycles. The van der Waals surface area contributed by atoms with Crippen LogP contribution in [0, 0.1) is 5.82 Å². The zero-order valence-corrected chi connectivity index (χ0v) is 17.1. The van der Waals surface area contributed by atoms with Gasteiger partial charge in [0.2, 0.25) is 5.91 Å². The van der Waals surface area contributed by atoms with Gasteiger partial charge in [-0.3, -0.25) is 14.5 Å². The van der Waals surface area contributed by atoms with Crippen LogP contribution in [-0.2, 0) is 16.0 Å². The first kappa shape index (κ1) is 21.1. The Kier molecular flexibility index (Phi) is 6.69. The number of nitrogens with one attached hydrogen (secondary N) is 2. The van der Waals surface area contributed by atoms with Crippen molar-refractivity contribution in [1.29, 1.82) is 0 Å². The minimum absolute atomic E-state index is 0.0629. The van der Waals surface area contributed by atoms with Gasteiger partial charge in [0, 0.05) is 32.5 Å². The van der Waals surface area contributed by atoms with Crippen molar-refractivity contribution in [3.8, 4) is 0 Å². The molecule has 1 aliphatic rings. The lowest BCUT2D eigenvalue weighted by Crippen LogP contribution is -2.43. The van der Waals surface area contributed by atoms with Crippen LogP contribution in [0.5, 0.6) is 0 Å². The Morgan fingerprint density at radius 3 is 2.68 bits per heavy atom. The van der Waals surface area contributed by atoms with Crippen LogP contribution in [0.1, 0.15) is 23.9 Å². The summed E-state index contributed by atoms with van der Waals surface area (Å²) in [7, 11) is 0. The predicted molar refractivity (Wildman–Crippen MR) is 115 cm³/mol. The second kappa shape index (κ2) is 9.80. The molecule has 0 spiro atoms. The van der Waals surface area contributed by atoms with Crippen LogP contribution in [-0.4, -0.2) is 53.6 Å². The third-order valence-electron chi connectivity index (χ3n) is 5.48. The number of H-pyrrole nitrogens is 1. The molecule has 2 N–H and O–H groups in total. The van der Waals surface area contributed by atoms with Gasteiger partial charge in [0.25, 0.3) is 5.56 Å². The van der Waals surface area contributed by atoms with Crippen LogP contribution in [0.4, 0.5) is 4.39 Å². The molecular formula is C23H25FN4O3. The molecule has 1 aliphatic heterocycles. The Morgan fingerprint density at radius 1 is 1.16 bits per heavy atom. The molecule has 4 rings (SSSR count). The molecule has 0 bridgehead atoms. The van der Waals surface area contributed by atoms with Crippen molar-refractivity contribution < 1.29 is 13.9 Å². The number of amides is 1. The van der Waals surface area contributed by atoms with E-state index in [4.69, 9.17) is 4.74 Å². The summed E-state index contributed by atoms with van der Waals surface area (Å²) in [6.07, 6.45) is 0.547. The monoisotopic (exact) mass is 424 g/mol. The molecule has 1 aromatic heterocycles. The first-order valence-electron chi connectivity index (χ1n) is 10.4. The molecule has 0 aliphatic carbocycles. The second-order valence-electron chi connectivity index (χ2n) is 7.55. The van der Waals surface area contributed by atoms with Crippen molar-refractivity contribution in [2.75, 3.05) is 32.8 Å². The summed E-state index contributed by atoms with van der Waals surface area (Å²) in [4.78, 5) is 34.1. The molecule has 1 amide bonds. The highest BCUT2D eigenvalue weighted by atomic mass is 19.1. The van der Waals surface area contributed by atoms with Gasteiger partial charge in [0.1, 0.15) is 11.6 Å². The largest absolute Gasteiger partial charge is 0.379 e. The highest BCUT2D eigenvalue weighted by molar-refractivity contribution is 5.78. The normalized spacial score (nSPS) is 15.6. The lowest BCUT2D eigenvalue weighted by atomic mass is 10.0. The average molecular weight is 424 g/mol. The molecule has 0 radical (unpaired) electrons. The molecule has 8 heteroatoms. The number of para-hydroxylation sites is 1. The maximum absolute atomic E-state index is 13.4. The Morgan fingerprint density at radius 2 is 1.90 bits per heavy atom. The van der Waals surface area contributed by atoms with Gasteiger partial charge in [-0.25, -0.2) is 9.37 Å². The van der Waals surface area contributed by atoms with Gasteiger partial charge in [0.05, 0.1) is 30.2 Å².